The van der Waals surface area contributed by atoms with Crippen LogP contribution in [0.15, 0.2) is 114 Å². The number of allylic oxidation sites excluding steroid dienone is 1. The van der Waals surface area contributed by atoms with E-state index in [-0.39, 0.29) is 28.8 Å². The second kappa shape index (κ2) is 13.7. The molecule has 6 rings (SSSR count). The van der Waals surface area contributed by atoms with Gasteiger partial charge in [0, 0.05) is 78.9 Å². The Morgan fingerprint density at radius 2 is 1.57 bits per heavy atom. The maximum absolute atomic E-state index is 16.0. The van der Waals surface area contributed by atoms with Crippen molar-refractivity contribution in [3.8, 4) is 0 Å². The van der Waals surface area contributed by atoms with E-state index in [2.05, 4.69) is 23.1 Å². The normalized spacial score (nSPS) is 20.4. The van der Waals surface area contributed by atoms with Crippen LogP contribution in [-0.2, 0) is 14.4 Å². The highest BCUT2D eigenvalue weighted by atomic mass is 19.3. The van der Waals surface area contributed by atoms with Crippen LogP contribution in [0.3, 0.4) is 0 Å². The van der Waals surface area contributed by atoms with Gasteiger partial charge in [-0.25, -0.2) is 13.6 Å². The molecule has 0 aromatic heterocycles. The molecule has 9 heteroatoms. The van der Waals surface area contributed by atoms with E-state index in [9.17, 15) is 14.4 Å². The standard InChI is InChI=1S/C38H36F2N4O3/c1-2-42-21-23-43(24-22-42)35(46)25-32-29-15-9-10-16-33(29)44(20-19-38(32,39)40)34-18-17-30(37(47)41-28-13-7-4-8-14-28)36(31(34)26-45)27-11-5-3-6-12-27/h3-18,25,34H,2,19-24H2,1H3,(H,41,47). The van der Waals surface area contributed by atoms with Crippen LogP contribution in [0.2, 0.25) is 0 Å². The predicted octanol–water partition coefficient (Wildman–Crippen LogP) is 5.87. The fraction of sp³-hybridized carbons (Fsp3) is 0.263. The fourth-order valence-corrected chi connectivity index (χ4v) is 6.49. The number of likely N-dealkylation sites (N-methyl/N-ethyl adjacent to an activating group) is 1. The first-order valence-corrected chi connectivity index (χ1v) is 15.9. The van der Waals surface area contributed by atoms with Crippen molar-refractivity contribution < 1.29 is 23.2 Å². The van der Waals surface area contributed by atoms with Gasteiger partial charge in [-0.3, -0.25) is 9.59 Å². The summed E-state index contributed by atoms with van der Waals surface area (Å²) in [6.07, 6.45) is 3.85. The Morgan fingerprint density at radius 3 is 2.26 bits per heavy atom. The van der Waals surface area contributed by atoms with Gasteiger partial charge in [0.1, 0.15) is 5.94 Å². The molecule has 1 fully saturated rings. The van der Waals surface area contributed by atoms with Crippen molar-refractivity contribution >= 4 is 40.3 Å². The zero-order valence-electron chi connectivity index (χ0n) is 26.2. The second-order valence-corrected chi connectivity index (χ2v) is 11.8. The third-order valence-electron chi connectivity index (χ3n) is 9.03. The first kappa shape index (κ1) is 31.9. The molecule has 3 aromatic carbocycles. The Balaban J connectivity index is 1.39. The maximum atomic E-state index is 16.0. The molecule has 3 aromatic rings. The van der Waals surface area contributed by atoms with E-state index in [1.807, 2.05) is 24.3 Å². The van der Waals surface area contributed by atoms with Crippen LogP contribution in [0.25, 0.3) is 11.1 Å². The lowest BCUT2D eigenvalue weighted by Gasteiger charge is -2.35. The molecule has 0 saturated carbocycles. The number of benzene rings is 3. The average Bonchev–Trinajstić information content (AvgIpc) is 3.21. The number of piperazine rings is 1. The molecule has 2 aliphatic heterocycles. The number of hydrogen-bond acceptors (Lipinski definition) is 5. The summed E-state index contributed by atoms with van der Waals surface area (Å²) in [5.41, 5.74) is 2.38. The summed E-state index contributed by atoms with van der Waals surface area (Å²) in [6, 6.07) is 24.0. The van der Waals surface area contributed by atoms with Crippen LogP contribution < -0.4 is 10.2 Å². The molecule has 3 aliphatic rings. The third-order valence-corrected chi connectivity index (χ3v) is 9.03. The van der Waals surface area contributed by atoms with Gasteiger partial charge in [0.15, 0.2) is 0 Å². The van der Waals surface area contributed by atoms with E-state index >= 15 is 8.78 Å². The number of fused-ring (bicyclic) bond motifs is 1. The SMILES string of the molecule is CCN1CCN(C(=O)C=C2c3ccccc3N(C3C=CC(C(=O)Nc4ccccc4)=C(c4ccccc4)C3=C=O)CCC2(F)F)CC1. The molecule has 1 saturated heterocycles. The number of para-hydroxylation sites is 2. The van der Waals surface area contributed by atoms with Crippen LogP contribution in [-0.4, -0.2) is 78.8 Å². The lowest BCUT2D eigenvalue weighted by molar-refractivity contribution is -0.127. The van der Waals surface area contributed by atoms with Gasteiger partial charge in [0.25, 0.3) is 11.8 Å². The molecule has 2 heterocycles. The van der Waals surface area contributed by atoms with Gasteiger partial charge in [0.2, 0.25) is 5.91 Å². The molecule has 2 amide bonds. The third kappa shape index (κ3) is 6.59. The molecule has 240 valence electrons. The van der Waals surface area contributed by atoms with Crippen LogP contribution in [0.4, 0.5) is 20.2 Å². The molecule has 7 nitrogen and oxygen atoms in total. The van der Waals surface area contributed by atoms with Crippen LogP contribution in [0.5, 0.6) is 0 Å². The van der Waals surface area contributed by atoms with Gasteiger partial charge in [0.05, 0.1) is 11.6 Å². The Kier molecular flexibility index (Phi) is 9.29. The number of anilines is 2. The van der Waals surface area contributed by atoms with E-state index in [0.717, 1.165) is 12.6 Å². The number of hydrogen-bond donors (Lipinski definition) is 1. The Labute approximate surface area is 273 Å². The molecule has 1 aliphatic carbocycles. The van der Waals surface area contributed by atoms with Gasteiger partial charge in [-0.15, -0.1) is 0 Å². The smallest absolute Gasteiger partial charge is 0.275 e. The second-order valence-electron chi connectivity index (χ2n) is 11.8. The lowest BCUT2D eigenvalue weighted by Crippen LogP contribution is -2.48. The molecule has 1 atom stereocenters. The van der Waals surface area contributed by atoms with Gasteiger partial charge in [-0.05, 0) is 30.3 Å². The maximum Gasteiger partial charge on any atom is 0.275 e. The Morgan fingerprint density at radius 1 is 0.915 bits per heavy atom. The fourth-order valence-electron chi connectivity index (χ4n) is 6.49. The van der Waals surface area contributed by atoms with Crippen molar-refractivity contribution in [2.45, 2.75) is 25.3 Å². The molecular formula is C38H36F2N4O3. The first-order chi connectivity index (χ1) is 22.8. The van der Waals surface area contributed by atoms with Crippen molar-refractivity contribution in [1.82, 2.24) is 9.80 Å². The van der Waals surface area contributed by atoms with E-state index in [0.29, 0.717) is 48.7 Å². The summed E-state index contributed by atoms with van der Waals surface area (Å²) in [6.45, 7) is 5.17. The van der Waals surface area contributed by atoms with Gasteiger partial charge in [-0.1, -0.05) is 85.8 Å². The van der Waals surface area contributed by atoms with E-state index in [4.69, 9.17) is 0 Å². The first-order valence-electron chi connectivity index (χ1n) is 15.9. The highest BCUT2D eigenvalue weighted by molar-refractivity contribution is 6.15. The molecule has 1 unspecified atom stereocenters. The largest absolute Gasteiger partial charge is 0.359 e. The zero-order valence-corrected chi connectivity index (χ0v) is 26.2. The van der Waals surface area contributed by atoms with E-state index in [1.165, 1.54) is 0 Å². The predicted molar refractivity (Wildman–Crippen MR) is 181 cm³/mol. The number of carbonyl (C=O) groups excluding carboxylic acids is 3. The van der Waals surface area contributed by atoms with Gasteiger partial charge in [-0.2, -0.15) is 0 Å². The van der Waals surface area contributed by atoms with E-state index in [1.54, 1.807) is 82.6 Å². The van der Waals surface area contributed by atoms with Crippen LogP contribution >= 0.6 is 0 Å². The summed E-state index contributed by atoms with van der Waals surface area (Å²) >= 11 is 0. The summed E-state index contributed by atoms with van der Waals surface area (Å²) in [5, 5.41) is 2.89. The minimum atomic E-state index is -3.31. The Hall–Kier alpha value is -5.11. The number of halogens is 2. The lowest BCUT2D eigenvalue weighted by atomic mass is 9.84. The van der Waals surface area contributed by atoms with Gasteiger partial charge < -0.3 is 20.0 Å². The zero-order chi connectivity index (χ0) is 33.0. The average molecular weight is 635 g/mol. The molecule has 0 bridgehead atoms. The number of nitrogens with zero attached hydrogens (tertiary/aromatic N) is 3. The minimum absolute atomic E-state index is 0.113. The molecule has 0 radical (unpaired) electrons. The molecule has 47 heavy (non-hydrogen) atoms. The number of alkyl halides is 2. The Bertz CT molecular complexity index is 1790. The summed E-state index contributed by atoms with van der Waals surface area (Å²) < 4.78 is 32.1. The minimum Gasteiger partial charge on any atom is -0.359 e. The molecule has 0 spiro atoms. The van der Waals surface area contributed by atoms with Crippen molar-refractivity contribution in [3.63, 3.8) is 0 Å². The number of rotatable bonds is 6. The van der Waals surface area contributed by atoms with Crippen LogP contribution in [0.1, 0.15) is 24.5 Å². The van der Waals surface area contributed by atoms with Gasteiger partial charge >= 0.3 is 0 Å². The van der Waals surface area contributed by atoms with Crippen molar-refractivity contribution in [3.05, 3.63) is 125 Å². The number of carbonyl (C=O) groups is 2. The van der Waals surface area contributed by atoms with Crippen molar-refractivity contribution in [1.29, 1.82) is 0 Å². The topological polar surface area (TPSA) is 73.0 Å². The summed E-state index contributed by atoms with van der Waals surface area (Å²) in [5.74, 6) is -2.08. The highest BCUT2D eigenvalue weighted by Gasteiger charge is 2.43. The number of nitrogens with one attached hydrogen (secondary N) is 1. The summed E-state index contributed by atoms with van der Waals surface area (Å²) in [7, 11) is 0. The monoisotopic (exact) mass is 634 g/mol. The van der Waals surface area contributed by atoms with Crippen LogP contribution in [0, 0.1) is 0 Å². The quantitative estimate of drug-likeness (QED) is 0.272. The van der Waals surface area contributed by atoms with E-state index < -0.39 is 30.2 Å². The molecule has 1 N–H and O–H groups in total. The number of amides is 2. The van der Waals surface area contributed by atoms with Crippen molar-refractivity contribution in [2.24, 2.45) is 0 Å². The highest BCUT2D eigenvalue weighted by Crippen LogP contribution is 2.46. The molecular weight excluding hydrogens is 598 g/mol. The van der Waals surface area contributed by atoms with Crippen molar-refractivity contribution in [2.75, 3.05) is 49.5 Å². The summed E-state index contributed by atoms with van der Waals surface area (Å²) in [4.78, 5) is 45.4.